The summed E-state index contributed by atoms with van der Waals surface area (Å²) >= 11 is 0. The van der Waals surface area contributed by atoms with Crippen molar-refractivity contribution in [2.24, 2.45) is 0 Å². The fourth-order valence-electron chi connectivity index (χ4n) is 4.61. The van der Waals surface area contributed by atoms with Crippen molar-refractivity contribution in [3.63, 3.8) is 0 Å². The molecule has 1 fully saturated rings. The lowest BCUT2D eigenvalue weighted by Gasteiger charge is -2.31. The van der Waals surface area contributed by atoms with Gasteiger partial charge in [0.05, 0.1) is 23.8 Å². The Morgan fingerprint density at radius 1 is 0.914 bits per heavy atom. The number of anilines is 2. The molecule has 0 bridgehead atoms. The first-order valence-electron chi connectivity index (χ1n) is 11.8. The molecule has 8 nitrogen and oxygen atoms in total. The number of aryl methyl sites for hydroxylation is 1. The molecule has 8 heteroatoms. The number of nitrogens with one attached hydrogen (secondary N) is 2. The van der Waals surface area contributed by atoms with Crippen molar-refractivity contribution >= 4 is 29.1 Å². The molecule has 3 aromatic rings. The van der Waals surface area contributed by atoms with Crippen LogP contribution in [-0.4, -0.2) is 53.8 Å². The van der Waals surface area contributed by atoms with Crippen LogP contribution in [0.25, 0.3) is 0 Å². The minimum Gasteiger partial charge on any atom is -0.336 e. The molecule has 2 N–H and O–H groups in total. The normalized spacial score (nSPS) is 17.9. The smallest absolute Gasteiger partial charge is 0.259 e. The van der Waals surface area contributed by atoms with Crippen molar-refractivity contribution < 1.29 is 14.4 Å². The summed E-state index contributed by atoms with van der Waals surface area (Å²) in [6.07, 6.45) is 3.24. The van der Waals surface area contributed by atoms with Crippen molar-refractivity contribution in [1.82, 2.24) is 15.2 Å². The van der Waals surface area contributed by atoms with Gasteiger partial charge in [-0.1, -0.05) is 29.8 Å². The van der Waals surface area contributed by atoms with Crippen LogP contribution in [0.5, 0.6) is 0 Å². The summed E-state index contributed by atoms with van der Waals surface area (Å²) in [6, 6.07) is 15.9. The van der Waals surface area contributed by atoms with Gasteiger partial charge in [-0.05, 0) is 42.8 Å². The number of amides is 3. The molecule has 3 amide bonds. The average molecular weight is 470 g/mol. The summed E-state index contributed by atoms with van der Waals surface area (Å²) in [5.74, 6) is -0.541. The van der Waals surface area contributed by atoms with E-state index in [9.17, 15) is 14.4 Å². The molecule has 0 saturated carbocycles. The summed E-state index contributed by atoms with van der Waals surface area (Å²) in [7, 11) is 0. The molecule has 0 spiro atoms. The molecule has 35 heavy (non-hydrogen) atoms. The van der Waals surface area contributed by atoms with Gasteiger partial charge in [-0.3, -0.25) is 24.3 Å². The summed E-state index contributed by atoms with van der Waals surface area (Å²) in [4.78, 5) is 47.4. The Bertz CT molecular complexity index is 1250. The molecule has 1 unspecified atom stereocenters. The fourth-order valence-corrected chi connectivity index (χ4v) is 4.61. The fraction of sp³-hybridized carbons (Fsp3) is 0.259. The zero-order valence-electron chi connectivity index (χ0n) is 19.5. The van der Waals surface area contributed by atoms with Crippen LogP contribution in [-0.2, 0) is 4.79 Å². The molecule has 3 heterocycles. The van der Waals surface area contributed by atoms with Gasteiger partial charge in [-0.15, -0.1) is 0 Å². The number of piperazine rings is 1. The van der Waals surface area contributed by atoms with Crippen LogP contribution in [0.2, 0.25) is 0 Å². The maximum atomic E-state index is 13.8. The van der Waals surface area contributed by atoms with Crippen LogP contribution in [0.4, 0.5) is 11.4 Å². The van der Waals surface area contributed by atoms with Crippen LogP contribution < -0.4 is 15.5 Å². The second-order valence-corrected chi connectivity index (χ2v) is 8.86. The molecular formula is C27H27N5O3. The highest BCUT2D eigenvalue weighted by Crippen LogP contribution is 2.39. The first-order valence-corrected chi connectivity index (χ1v) is 11.8. The van der Waals surface area contributed by atoms with Crippen molar-refractivity contribution in [3.8, 4) is 0 Å². The van der Waals surface area contributed by atoms with Crippen LogP contribution >= 0.6 is 0 Å². The predicted octanol–water partition coefficient (Wildman–Crippen LogP) is 3.17. The topological polar surface area (TPSA) is 94.6 Å². The van der Waals surface area contributed by atoms with Crippen LogP contribution in [0.3, 0.4) is 0 Å². The number of benzene rings is 2. The number of hydrogen-bond donors (Lipinski definition) is 2. The van der Waals surface area contributed by atoms with Gasteiger partial charge in [0.15, 0.2) is 0 Å². The van der Waals surface area contributed by atoms with E-state index in [0.29, 0.717) is 35.6 Å². The number of nitrogens with zero attached hydrogens (tertiary/aromatic N) is 3. The quantitative estimate of drug-likeness (QED) is 0.615. The van der Waals surface area contributed by atoms with E-state index in [-0.39, 0.29) is 24.1 Å². The van der Waals surface area contributed by atoms with E-state index < -0.39 is 6.04 Å². The van der Waals surface area contributed by atoms with Gasteiger partial charge in [0.1, 0.15) is 0 Å². The van der Waals surface area contributed by atoms with E-state index in [4.69, 9.17) is 0 Å². The SMILES string of the molecule is Cc1ccc(C2CC(=O)Nc3cc(C(=O)N4CCNCC4)ccc3N2C(=O)c2ccncc2)cc1. The molecule has 0 radical (unpaired) electrons. The highest BCUT2D eigenvalue weighted by Gasteiger charge is 2.34. The van der Waals surface area contributed by atoms with Gasteiger partial charge in [0.2, 0.25) is 5.91 Å². The minimum absolute atomic E-state index is 0.0881. The molecule has 5 rings (SSSR count). The van der Waals surface area contributed by atoms with Gasteiger partial charge in [0, 0.05) is 49.7 Å². The lowest BCUT2D eigenvalue weighted by atomic mass is 9.99. The van der Waals surface area contributed by atoms with Crippen molar-refractivity contribution in [1.29, 1.82) is 0 Å². The Labute approximate surface area is 204 Å². The predicted molar refractivity (Wildman–Crippen MR) is 133 cm³/mol. The zero-order chi connectivity index (χ0) is 24.4. The largest absolute Gasteiger partial charge is 0.336 e. The number of aromatic nitrogens is 1. The van der Waals surface area contributed by atoms with Gasteiger partial charge in [-0.25, -0.2) is 0 Å². The average Bonchev–Trinajstić information content (AvgIpc) is 3.04. The van der Waals surface area contributed by atoms with Crippen molar-refractivity contribution in [2.45, 2.75) is 19.4 Å². The first-order chi connectivity index (χ1) is 17.0. The third-order valence-corrected chi connectivity index (χ3v) is 6.48. The van der Waals surface area contributed by atoms with Gasteiger partial charge in [-0.2, -0.15) is 0 Å². The minimum atomic E-state index is -0.507. The Hall–Kier alpha value is -4.04. The molecule has 1 aromatic heterocycles. The second kappa shape index (κ2) is 9.68. The first kappa shape index (κ1) is 22.7. The maximum absolute atomic E-state index is 13.8. The summed E-state index contributed by atoms with van der Waals surface area (Å²) in [5.41, 5.74) is 3.92. The Morgan fingerprint density at radius 2 is 1.63 bits per heavy atom. The molecular weight excluding hydrogens is 442 g/mol. The molecule has 2 aliphatic rings. The number of fused-ring (bicyclic) bond motifs is 1. The second-order valence-electron chi connectivity index (χ2n) is 8.86. The van der Waals surface area contributed by atoms with E-state index in [1.807, 2.05) is 31.2 Å². The third-order valence-electron chi connectivity index (χ3n) is 6.48. The molecule has 1 atom stereocenters. The Morgan fingerprint density at radius 3 is 2.34 bits per heavy atom. The van der Waals surface area contributed by atoms with Gasteiger partial charge in [0.25, 0.3) is 11.8 Å². The number of pyridine rings is 1. The van der Waals surface area contributed by atoms with Crippen LogP contribution in [0, 0.1) is 6.92 Å². The highest BCUT2D eigenvalue weighted by molar-refractivity contribution is 6.12. The van der Waals surface area contributed by atoms with Gasteiger partial charge >= 0.3 is 0 Å². The summed E-state index contributed by atoms with van der Waals surface area (Å²) in [6.45, 7) is 4.75. The molecule has 2 aromatic carbocycles. The van der Waals surface area contributed by atoms with E-state index in [2.05, 4.69) is 15.6 Å². The maximum Gasteiger partial charge on any atom is 0.259 e. The number of rotatable bonds is 3. The lowest BCUT2D eigenvalue weighted by molar-refractivity contribution is -0.116. The van der Waals surface area contributed by atoms with E-state index >= 15 is 0 Å². The molecule has 2 aliphatic heterocycles. The van der Waals surface area contributed by atoms with Gasteiger partial charge < -0.3 is 15.5 Å². The van der Waals surface area contributed by atoms with E-state index in [1.54, 1.807) is 52.5 Å². The molecule has 0 aliphatic carbocycles. The van der Waals surface area contributed by atoms with Crippen molar-refractivity contribution in [3.05, 3.63) is 89.2 Å². The zero-order valence-corrected chi connectivity index (χ0v) is 19.5. The Kier molecular flexibility index (Phi) is 6.29. The van der Waals surface area contributed by atoms with E-state index in [1.165, 1.54) is 0 Å². The Balaban J connectivity index is 1.59. The number of hydrogen-bond acceptors (Lipinski definition) is 5. The summed E-state index contributed by atoms with van der Waals surface area (Å²) in [5, 5.41) is 6.18. The molecule has 178 valence electrons. The highest BCUT2D eigenvalue weighted by atomic mass is 16.2. The standard InChI is InChI=1S/C27H27N5O3/c1-18-2-4-19(5-3-18)24-17-25(33)30-22-16-21(26(34)31-14-12-29-13-15-31)6-7-23(22)32(24)27(35)20-8-10-28-11-9-20/h2-11,16,24,29H,12-15,17H2,1H3,(H,30,33). The van der Waals surface area contributed by atoms with E-state index in [0.717, 1.165) is 24.2 Å². The summed E-state index contributed by atoms with van der Waals surface area (Å²) < 4.78 is 0. The third kappa shape index (κ3) is 4.65. The van der Waals surface area contributed by atoms with Crippen LogP contribution in [0.1, 0.15) is 44.3 Å². The monoisotopic (exact) mass is 469 g/mol. The lowest BCUT2D eigenvalue weighted by Crippen LogP contribution is -2.46. The molecule has 1 saturated heterocycles. The number of carbonyl (C=O) groups excluding carboxylic acids is 3. The van der Waals surface area contributed by atoms with Crippen LogP contribution in [0.15, 0.2) is 67.0 Å². The number of carbonyl (C=O) groups is 3. The van der Waals surface area contributed by atoms with Crippen molar-refractivity contribution in [2.75, 3.05) is 36.4 Å².